The maximum atomic E-state index is 12.9. The van der Waals surface area contributed by atoms with E-state index < -0.39 is 113 Å². The average Bonchev–Trinajstić information content (AvgIpc) is 1.71. The van der Waals surface area contributed by atoms with Gasteiger partial charge in [0.25, 0.3) is 58.4 Å². The first-order chi connectivity index (χ1) is 47.4. The van der Waals surface area contributed by atoms with Gasteiger partial charge in [0.2, 0.25) is 0 Å². The van der Waals surface area contributed by atoms with Crippen LogP contribution < -0.4 is 70.8 Å². The van der Waals surface area contributed by atoms with Crippen LogP contribution in [0.4, 0.5) is 0 Å². The lowest BCUT2D eigenvalue weighted by atomic mass is 10.2. The number of methoxy groups -OCH3 is 2. The first-order valence-corrected chi connectivity index (χ1v) is 31.6. The molecule has 38 heteroatoms. The van der Waals surface area contributed by atoms with E-state index in [1.165, 1.54) is 43.5 Å². The number of esters is 2. The fourth-order valence-corrected chi connectivity index (χ4v) is 11.6. The molecule has 0 fully saturated rings. The maximum absolute atomic E-state index is 12.9. The van der Waals surface area contributed by atoms with Crippen LogP contribution in [0.5, 0.6) is 17.2 Å². The molecular weight excluding hydrogens is 1410 g/mol. The summed E-state index contributed by atoms with van der Waals surface area (Å²) in [5.74, 6) is -7.63. The molecule has 5 heterocycles. The number of aromatic amines is 4. The predicted molar refractivity (Wildman–Crippen MR) is 367 cm³/mol. The van der Waals surface area contributed by atoms with Crippen LogP contribution in [0.1, 0.15) is 112 Å². The van der Waals surface area contributed by atoms with Crippen LogP contribution in [-0.4, -0.2) is 158 Å². The number of carboxylic acid groups (broad SMARTS) is 1. The summed E-state index contributed by atoms with van der Waals surface area (Å²) >= 11 is 2.79. The molecule has 0 aliphatic heterocycles. The number of carboxylic acids is 1. The molecule has 5 aromatic heterocycles. The number of hydrogen-bond donors (Lipinski definition) is 17. The van der Waals surface area contributed by atoms with Crippen LogP contribution in [-0.2, 0) is 43.5 Å². The number of nitrogens with two attached hydrogens (primary N) is 1. The van der Waals surface area contributed by atoms with E-state index in [0.717, 1.165) is 58.8 Å². The van der Waals surface area contributed by atoms with Gasteiger partial charge in [-0.25, -0.2) is 24.0 Å². The molecule has 0 radical (unpaired) electrons. The Hall–Kier alpha value is -12.1. The second-order valence-corrected chi connectivity index (χ2v) is 24.2. The lowest BCUT2D eigenvalue weighted by Gasteiger charge is -2.17. The fraction of sp³-hybridized carbons (Fsp3) is 0.222. The number of thiophene rings is 3. The Morgan fingerprint density at radius 1 is 0.436 bits per heavy atom. The molecule has 3 aromatic carbocycles. The normalized spacial score (nSPS) is 11.3. The molecule has 3 atom stereocenters. The van der Waals surface area contributed by atoms with E-state index in [-0.39, 0.29) is 92.6 Å². The number of carbonyl (C=O) groups excluding carboxylic acids is 10. The standard InChI is InChI=1S/C23H23N5O8S.C22H21N5O8S.C18H21N3O5S.ClH/c1-11-6-16(20(32)24-9-12-4-3-5-13(29)7-12)37-18(11)21(33)26-15(22(34)36-2)10-25-19(31)14-8-17(30)28-23(35)27-14;1-10-5-15(19(31)23-8-11-3-2-4-12(28)6-11)36-17(10)20(32)25-14(21(33)34)9-24-18(30)13-7-16(29)27-22(35)26-13;1-10-6-14(16(23)20-9-11-4-3-5-12(22)7-11)27-15(10)17(24)21-13(8-19)18(25)26-2;/h3-8,15,29H,9-10H2,1-2H3,(H,24,32)(H,25,31)(H,26,33)(H2,27,28,30,35);2-7,14,28H,8-9H2,1H3,(H,23,31)(H,24,30)(H,25,32)(H,33,34)(H2,26,27,29,35);3-7,13,22H,8-9,19H2,1-2H3,(H,20,23)(H,21,24);1H/t15-;14-;13-;/m000./s1. The van der Waals surface area contributed by atoms with Gasteiger partial charge in [-0.15, -0.1) is 46.4 Å². The highest BCUT2D eigenvalue weighted by atomic mass is 35.5. The SMILES string of the molecule is COC(=O)[C@H](CN)NC(=O)c1sc(C(=O)NCc2cccc(O)c2)cc1C.COC(=O)[C@H](CNC(=O)c1cc(=O)[nH]c(=O)[nH]1)NC(=O)c1sc(C(=O)NCc2cccc(O)c2)cc1C.Cc1cc(C(=O)NCc2cccc(O)c2)sc1C(=O)N[C@@H](CNC(=O)c1cc(=O)[nH]c(=O)[nH]1)C(=O)O.Cl. The van der Waals surface area contributed by atoms with E-state index in [0.29, 0.717) is 37.6 Å². The van der Waals surface area contributed by atoms with Crippen molar-refractivity contribution < 1.29 is 82.6 Å². The Kier molecular flexibility index (Phi) is 29.7. The number of halogens is 1. The van der Waals surface area contributed by atoms with Crippen molar-refractivity contribution in [3.05, 3.63) is 219 Å². The molecule has 0 bridgehead atoms. The molecular formula is C63H66ClN13O21S3. The summed E-state index contributed by atoms with van der Waals surface area (Å²) in [6.45, 7) is 4.40. The van der Waals surface area contributed by atoms with Gasteiger partial charge in [0, 0.05) is 51.4 Å². The highest BCUT2D eigenvalue weighted by molar-refractivity contribution is 7.17. The highest BCUT2D eigenvalue weighted by Gasteiger charge is 2.29. The molecule has 0 aliphatic carbocycles. The number of H-pyrrole nitrogens is 4. The van der Waals surface area contributed by atoms with Crippen molar-refractivity contribution in [1.29, 1.82) is 0 Å². The second kappa shape index (κ2) is 37.6. The number of benzene rings is 3. The van der Waals surface area contributed by atoms with Crippen molar-refractivity contribution in [2.45, 2.75) is 58.5 Å². The van der Waals surface area contributed by atoms with Crippen molar-refractivity contribution in [1.82, 2.24) is 62.5 Å². The van der Waals surface area contributed by atoms with Gasteiger partial charge in [0.05, 0.1) is 43.5 Å². The predicted octanol–water partition coefficient (Wildman–Crippen LogP) is 0.796. The van der Waals surface area contributed by atoms with Gasteiger partial charge in [0.15, 0.2) is 0 Å². The van der Waals surface area contributed by atoms with Gasteiger partial charge >= 0.3 is 29.3 Å². The zero-order valence-electron chi connectivity index (χ0n) is 53.7. The third kappa shape index (κ3) is 23.9. The van der Waals surface area contributed by atoms with Crippen molar-refractivity contribution in [2.24, 2.45) is 5.73 Å². The molecule has 0 unspecified atom stereocenters. The first-order valence-electron chi connectivity index (χ1n) is 29.2. The van der Waals surface area contributed by atoms with Crippen molar-refractivity contribution >= 4 is 112 Å². The summed E-state index contributed by atoms with van der Waals surface area (Å²) in [6.07, 6.45) is 0. The molecule has 0 saturated heterocycles. The molecule has 34 nitrogen and oxygen atoms in total. The topological polar surface area (TPSA) is 541 Å². The Morgan fingerprint density at radius 2 is 0.752 bits per heavy atom. The van der Waals surface area contributed by atoms with Gasteiger partial charge < -0.3 is 88.1 Å². The van der Waals surface area contributed by atoms with Gasteiger partial charge in [0.1, 0.15) is 46.8 Å². The van der Waals surface area contributed by atoms with Gasteiger partial charge in [-0.05, 0) is 109 Å². The monoisotopic (exact) mass is 1470 g/mol. The number of aryl methyl sites for hydroxylation is 3. The smallest absolute Gasteiger partial charge is 0.330 e. The minimum absolute atomic E-state index is 0. The zero-order chi connectivity index (χ0) is 73.5. The van der Waals surface area contributed by atoms with Crippen LogP contribution in [0.3, 0.4) is 0 Å². The molecule has 18 N–H and O–H groups in total. The van der Waals surface area contributed by atoms with Gasteiger partial charge in [-0.3, -0.25) is 57.9 Å². The molecule has 101 heavy (non-hydrogen) atoms. The number of ether oxygens (including phenoxy) is 2. The maximum Gasteiger partial charge on any atom is 0.330 e. The number of nitrogens with one attached hydrogen (secondary N) is 12. The molecule has 0 aliphatic rings. The van der Waals surface area contributed by atoms with E-state index in [2.05, 4.69) is 62.0 Å². The van der Waals surface area contributed by atoms with Crippen molar-refractivity contribution in [3.63, 3.8) is 0 Å². The molecule has 8 amide bonds. The van der Waals surface area contributed by atoms with E-state index in [1.54, 1.807) is 75.4 Å². The Morgan fingerprint density at radius 3 is 1.06 bits per heavy atom. The number of aromatic nitrogens is 4. The minimum Gasteiger partial charge on any atom is -0.508 e. The van der Waals surface area contributed by atoms with Crippen LogP contribution in [0.15, 0.2) is 122 Å². The summed E-state index contributed by atoms with van der Waals surface area (Å²) in [7, 11) is 2.31. The Balaban J connectivity index is 0.000000275. The number of hydrogen-bond acceptors (Lipinski definition) is 24. The second-order valence-electron chi connectivity index (χ2n) is 21.0. The number of aliphatic carboxylic acids is 1. The van der Waals surface area contributed by atoms with Crippen molar-refractivity contribution in [2.75, 3.05) is 33.9 Å². The first kappa shape index (κ1) is 79.6. The molecule has 534 valence electrons. The third-order valence-corrected chi connectivity index (χ3v) is 17.2. The minimum atomic E-state index is -1.54. The van der Waals surface area contributed by atoms with Gasteiger partial charge in [-0.2, -0.15) is 0 Å². The van der Waals surface area contributed by atoms with Crippen LogP contribution in [0.25, 0.3) is 0 Å². The lowest BCUT2D eigenvalue weighted by Crippen LogP contribution is -2.49. The molecule has 8 rings (SSSR count). The Labute approximate surface area is 587 Å². The average molecular weight is 1470 g/mol. The number of phenolic OH excluding ortho intramolecular Hbond substituents is 3. The number of amides is 8. The van der Waals surface area contributed by atoms with Crippen LogP contribution in [0, 0.1) is 20.8 Å². The summed E-state index contributed by atoms with van der Waals surface area (Å²) in [5.41, 5.74) is 5.00. The van der Waals surface area contributed by atoms with Crippen LogP contribution >= 0.6 is 46.4 Å². The van der Waals surface area contributed by atoms with Crippen molar-refractivity contribution in [3.8, 4) is 17.2 Å². The van der Waals surface area contributed by atoms with E-state index in [1.807, 2.05) is 9.97 Å². The number of phenols is 3. The fourth-order valence-electron chi connectivity index (χ4n) is 8.59. The van der Waals surface area contributed by atoms with Gasteiger partial charge in [-0.1, -0.05) is 36.4 Å². The van der Waals surface area contributed by atoms with E-state index in [9.17, 15) is 92.3 Å². The zero-order valence-corrected chi connectivity index (χ0v) is 57.0. The lowest BCUT2D eigenvalue weighted by molar-refractivity contribution is -0.143. The molecule has 0 spiro atoms. The summed E-state index contributed by atoms with van der Waals surface area (Å²) in [4.78, 5) is 190. The number of carbonyl (C=O) groups is 11. The highest BCUT2D eigenvalue weighted by Crippen LogP contribution is 2.25. The quantitative estimate of drug-likeness (QED) is 0.0352. The largest absolute Gasteiger partial charge is 0.508 e. The Bertz CT molecular complexity index is 4600. The summed E-state index contributed by atoms with van der Waals surface area (Å²) in [5, 5.41) is 57.9. The number of aromatic hydroxyl groups is 3. The molecule has 0 saturated carbocycles. The van der Waals surface area contributed by atoms with E-state index >= 15 is 0 Å². The van der Waals surface area contributed by atoms with Crippen LogP contribution in [0.2, 0.25) is 0 Å². The molecule has 8 aromatic rings. The third-order valence-electron chi connectivity index (χ3n) is 13.5. The summed E-state index contributed by atoms with van der Waals surface area (Å²) in [6, 6.07) is 21.8. The summed E-state index contributed by atoms with van der Waals surface area (Å²) < 4.78 is 9.27. The van der Waals surface area contributed by atoms with E-state index in [4.69, 9.17) is 5.73 Å². The number of rotatable bonds is 25.